The van der Waals surface area contributed by atoms with Crippen molar-refractivity contribution in [2.45, 2.75) is 25.9 Å². The van der Waals surface area contributed by atoms with Crippen molar-refractivity contribution < 1.29 is 0 Å². The van der Waals surface area contributed by atoms with Crippen LogP contribution in [-0.4, -0.2) is 6.04 Å². The zero-order chi connectivity index (χ0) is 10.3. The fourth-order valence-corrected chi connectivity index (χ4v) is 2.98. The van der Waals surface area contributed by atoms with E-state index >= 15 is 0 Å². The fraction of sp³-hybridized carbons (Fsp3) is 0.385. The highest BCUT2D eigenvalue weighted by molar-refractivity contribution is 7.17. The highest BCUT2D eigenvalue weighted by Gasteiger charge is 2.31. The molecule has 3 rings (SSSR count). The van der Waals surface area contributed by atoms with Crippen LogP contribution in [-0.2, 0) is 6.54 Å². The van der Waals surface area contributed by atoms with Crippen LogP contribution in [0.2, 0.25) is 0 Å². The van der Waals surface area contributed by atoms with Crippen molar-refractivity contribution in [3.8, 4) is 0 Å². The lowest BCUT2D eigenvalue weighted by atomic mass is 10.2. The van der Waals surface area contributed by atoms with Crippen LogP contribution < -0.4 is 5.32 Å². The van der Waals surface area contributed by atoms with Crippen LogP contribution in [0, 0.1) is 5.92 Å². The third-order valence-electron chi connectivity index (χ3n) is 3.23. The molecule has 1 aliphatic carbocycles. The van der Waals surface area contributed by atoms with Gasteiger partial charge in [-0.05, 0) is 34.7 Å². The van der Waals surface area contributed by atoms with Gasteiger partial charge >= 0.3 is 0 Å². The summed E-state index contributed by atoms with van der Waals surface area (Å²) < 4.78 is 1.40. The minimum atomic E-state index is 0.767. The summed E-state index contributed by atoms with van der Waals surface area (Å²) in [5, 5.41) is 7.31. The molecule has 0 bridgehead atoms. The molecular formula is C13H15NS. The number of benzene rings is 1. The van der Waals surface area contributed by atoms with Crippen molar-refractivity contribution in [2.75, 3.05) is 0 Å². The standard InChI is InChI=1S/C13H15NS/c1-9-6-12(9)14-7-10-8-15-13-5-3-2-4-11(10)13/h2-5,8-9,12,14H,6-7H2,1H3. The lowest BCUT2D eigenvalue weighted by Gasteiger charge is -2.01. The number of hydrogen-bond donors (Lipinski definition) is 1. The Bertz CT molecular complexity index is 474. The van der Waals surface area contributed by atoms with E-state index in [0.717, 1.165) is 18.5 Å². The van der Waals surface area contributed by atoms with Crippen LogP contribution in [0.5, 0.6) is 0 Å². The maximum atomic E-state index is 3.61. The third kappa shape index (κ3) is 1.80. The molecule has 1 aromatic carbocycles. The topological polar surface area (TPSA) is 12.0 Å². The van der Waals surface area contributed by atoms with Gasteiger partial charge in [0.2, 0.25) is 0 Å². The molecule has 15 heavy (non-hydrogen) atoms. The summed E-state index contributed by atoms with van der Waals surface area (Å²) in [6.45, 7) is 3.34. The first-order valence-electron chi connectivity index (χ1n) is 5.53. The van der Waals surface area contributed by atoms with Gasteiger partial charge in [-0.15, -0.1) is 11.3 Å². The quantitative estimate of drug-likeness (QED) is 0.831. The van der Waals surface area contributed by atoms with Gasteiger partial charge in [0.1, 0.15) is 0 Å². The number of rotatable bonds is 3. The maximum absolute atomic E-state index is 3.61. The van der Waals surface area contributed by atoms with E-state index in [9.17, 15) is 0 Å². The molecule has 2 atom stereocenters. The summed E-state index contributed by atoms with van der Waals surface area (Å²) in [4.78, 5) is 0. The van der Waals surface area contributed by atoms with E-state index < -0.39 is 0 Å². The van der Waals surface area contributed by atoms with Crippen molar-refractivity contribution in [3.05, 3.63) is 35.2 Å². The van der Waals surface area contributed by atoms with Gasteiger partial charge in [0.05, 0.1) is 0 Å². The Morgan fingerprint density at radius 1 is 1.40 bits per heavy atom. The Morgan fingerprint density at radius 3 is 3.00 bits per heavy atom. The molecule has 0 amide bonds. The van der Waals surface area contributed by atoms with E-state index in [1.54, 1.807) is 0 Å². The molecular weight excluding hydrogens is 202 g/mol. The monoisotopic (exact) mass is 217 g/mol. The van der Waals surface area contributed by atoms with Crippen molar-refractivity contribution >= 4 is 21.4 Å². The SMILES string of the molecule is CC1CC1NCc1csc2ccccc12. The van der Waals surface area contributed by atoms with Crippen LogP contribution in [0.4, 0.5) is 0 Å². The van der Waals surface area contributed by atoms with Gasteiger partial charge in [-0.2, -0.15) is 0 Å². The summed E-state index contributed by atoms with van der Waals surface area (Å²) >= 11 is 1.85. The van der Waals surface area contributed by atoms with Gasteiger partial charge < -0.3 is 5.32 Å². The predicted molar refractivity (Wildman–Crippen MR) is 66.2 cm³/mol. The molecule has 2 unspecified atom stereocenters. The van der Waals surface area contributed by atoms with E-state index in [1.807, 2.05) is 11.3 Å². The second-order valence-electron chi connectivity index (χ2n) is 4.46. The molecule has 2 heteroatoms. The Labute approximate surface area is 94.1 Å². The zero-order valence-electron chi connectivity index (χ0n) is 8.86. The van der Waals surface area contributed by atoms with E-state index in [0.29, 0.717) is 0 Å². The fourth-order valence-electron chi connectivity index (χ4n) is 2.02. The largest absolute Gasteiger partial charge is 0.310 e. The molecule has 1 saturated carbocycles. The average molecular weight is 217 g/mol. The highest BCUT2D eigenvalue weighted by atomic mass is 32.1. The second-order valence-corrected chi connectivity index (χ2v) is 5.37. The Hall–Kier alpha value is -0.860. The van der Waals surface area contributed by atoms with Gasteiger partial charge in [-0.3, -0.25) is 0 Å². The molecule has 1 heterocycles. The lowest BCUT2D eigenvalue weighted by molar-refractivity contribution is 0.656. The van der Waals surface area contributed by atoms with E-state index in [2.05, 4.69) is 41.9 Å². The smallest absolute Gasteiger partial charge is 0.0346 e. The molecule has 1 N–H and O–H groups in total. The van der Waals surface area contributed by atoms with Gasteiger partial charge in [0.15, 0.2) is 0 Å². The van der Waals surface area contributed by atoms with Gasteiger partial charge in [-0.1, -0.05) is 25.1 Å². The molecule has 2 aromatic rings. The molecule has 1 aromatic heterocycles. The lowest BCUT2D eigenvalue weighted by Crippen LogP contribution is -2.16. The van der Waals surface area contributed by atoms with Crippen molar-refractivity contribution in [3.63, 3.8) is 0 Å². The maximum Gasteiger partial charge on any atom is 0.0346 e. The molecule has 1 fully saturated rings. The Morgan fingerprint density at radius 2 is 2.20 bits per heavy atom. The summed E-state index contributed by atoms with van der Waals surface area (Å²) in [7, 11) is 0. The first-order valence-corrected chi connectivity index (χ1v) is 6.41. The molecule has 0 saturated heterocycles. The van der Waals surface area contributed by atoms with Crippen LogP contribution in [0.15, 0.2) is 29.6 Å². The molecule has 78 valence electrons. The molecule has 1 nitrogen and oxygen atoms in total. The molecule has 1 aliphatic rings. The third-order valence-corrected chi connectivity index (χ3v) is 4.24. The Balaban J connectivity index is 1.79. The Kier molecular flexibility index (Phi) is 2.26. The molecule has 0 aliphatic heterocycles. The summed E-state index contributed by atoms with van der Waals surface area (Å²) in [5.41, 5.74) is 1.45. The average Bonchev–Trinajstić information content (AvgIpc) is 2.81. The number of hydrogen-bond acceptors (Lipinski definition) is 2. The number of fused-ring (bicyclic) bond motifs is 1. The van der Waals surface area contributed by atoms with Crippen molar-refractivity contribution in [1.29, 1.82) is 0 Å². The minimum Gasteiger partial charge on any atom is -0.310 e. The van der Waals surface area contributed by atoms with Crippen LogP contribution in [0.1, 0.15) is 18.9 Å². The van der Waals surface area contributed by atoms with Gasteiger partial charge in [0.25, 0.3) is 0 Å². The second kappa shape index (κ2) is 3.62. The first-order chi connectivity index (χ1) is 7.34. The van der Waals surface area contributed by atoms with E-state index in [-0.39, 0.29) is 0 Å². The van der Waals surface area contributed by atoms with Crippen LogP contribution in [0.3, 0.4) is 0 Å². The summed E-state index contributed by atoms with van der Waals surface area (Å²) in [6, 6.07) is 9.42. The van der Waals surface area contributed by atoms with E-state index in [4.69, 9.17) is 0 Å². The molecule has 0 radical (unpaired) electrons. The molecule has 0 spiro atoms. The first kappa shape index (κ1) is 9.37. The number of nitrogens with one attached hydrogen (secondary N) is 1. The summed E-state index contributed by atoms with van der Waals surface area (Å²) in [6.07, 6.45) is 1.35. The van der Waals surface area contributed by atoms with Crippen LogP contribution >= 0.6 is 11.3 Å². The van der Waals surface area contributed by atoms with Crippen molar-refractivity contribution in [1.82, 2.24) is 5.32 Å². The zero-order valence-corrected chi connectivity index (χ0v) is 9.68. The predicted octanol–water partition coefficient (Wildman–Crippen LogP) is 3.40. The van der Waals surface area contributed by atoms with Gasteiger partial charge in [-0.25, -0.2) is 0 Å². The van der Waals surface area contributed by atoms with Crippen LogP contribution in [0.25, 0.3) is 10.1 Å². The number of thiophene rings is 1. The summed E-state index contributed by atoms with van der Waals surface area (Å²) in [5.74, 6) is 0.884. The highest BCUT2D eigenvalue weighted by Crippen LogP contribution is 2.31. The normalized spacial score (nSPS) is 24.6. The minimum absolute atomic E-state index is 0.767. The van der Waals surface area contributed by atoms with Gasteiger partial charge in [0, 0.05) is 17.3 Å². The van der Waals surface area contributed by atoms with Crippen molar-refractivity contribution in [2.24, 2.45) is 5.92 Å². The van der Waals surface area contributed by atoms with E-state index in [1.165, 1.54) is 22.1 Å².